The van der Waals surface area contributed by atoms with Gasteiger partial charge in [0, 0.05) is 68.8 Å². The Hall–Kier alpha value is -2.77. The van der Waals surface area contributed by atoms with E-state index in [2.05, 4.69) is 21.7 Å². The quantitative estimate of drug-likeness (QED) is 0.668. The lowest BCUT2D eigenvalue weighted by Gasteiger charge is -2.34. The number of hydrogen-bond donors (Lipinski definition) is 1. The van der Waals surface area contributed by atoms with Crippen LogP contribution in [0.5, 0.6) is 5.75 Å². The van der Waals surface area contributed by atoms with Crippen molar-refractivity contribution in [1.29, 1.82) is 0 Å². The molecule has 0 radical (unpaired) electrons. The second-order valence-corrected chi connectivity index (χ2v) is 7.84. The molecule has 0 spiro atoms. The Balaban J connectivity index is 1.60. The van der Waals surface area contributed by atoms with E-state index in [4.69, 9.17) is 9.15 Å². The molecule has 2 fully saturated rings. The Morgan fingerprint density at radius 3 is 2.31 bits per heavy atom. The second-order valence-electron chi connectivity index (χ2n) is 7.84. The number of fused-ring (bicyclic) bond motifs is 2. The van der Waals surface area contributed by atoms with Crippen molar-refractivity contribution in [2.24, 2.45) is 0 Å². The van der Waals surface area contributed by atoms with Gasteiger partial charge in [-0.1, -0.05) is 0 Å². The number of phenols is 1. The first-order valence-corrected chi connectivity index (χ1v) is 10.1. The maximum atomic E-state index is 13.1. The van der Waals surface area contributed by atoms with Crippen molar-refractivity contribution in [1.82, 2.24) is 4.90 Å². The van der Waals surface area contributed by atoms with Gasteiger partial charge >= 0.3 is 0 Å². The number of ether oxygens (including phenoxy) is 1. The van der Waals surface area contributed by atoms with Crippen LogP contribution in [0.15, 0.2) is 39.5 Å². The lowest BCUT2D eigenvalue weighted by atomic mass is 10.1. The maximum absolute atomic E-state index is 13.1. The van der Waals surface area contributed by atoms with Gasteiger partial charge in [-0.05, 0) is 19.2 Å². The summed E-state index contributed by atoms with van der Waals surface area (Å²) >= 11 is 0. The van der Waals surface area contributed by atoms with E-state index in [-0.39, 0.29) is 16.6 Å². The van der Waals surface area contributed by atoms with E-state index in [0.29, 0.717) is 29.8 Å². The number of rotatable bonds is 2. The third-order valence-electron chi connectivity index (χ3n) is 5.97. The summed E-state index contributed by atoms with van der Waals surface area (Å²) in [6.07, 6.45) is 0. The highest BCUT2D eigenvalue weighted by Gasteiger charge is 2.19. The van der Waals surface area contributed by atoms with E-state index in [1.165, 1.54) is 0 Å². The normalized spacial score (nSPS) is 18.7. The predicted octanol–water partition coefficient (Wildman–Crippen LogP) is 2.24. The van der Waals surface area contributed by atoms with Gasteiger partial charge in [-0.25, -0.2) is 0 Å². The summed E-state index contributed by atoms with van der Waals surface area (Å²) in [6.45, 7) is 6.70. The highest BCUT2D eigenvalue weighted by atomic mass is 16.5. The average Bonchev–Trinajstić information content (AvgIpc) is 2.74. The molecule has 0 amide bonds. The molecule has 0 saturated carbocycles. The van der Waals surface area contributed by atoms with Gasteiger partial charge in [0.15, 0.2) is 0 Å². The summed E-state index contributed by atoms with van der Waals surface area (Å²) in [7, 11) is 2.13. The molecule has 0 unspecified atom stereocenters. The number of piperazine rings is 1. The van der Waals surface area contributed by atoms with Crippen LogP contribution < -0.4 is 15.2 Å². The molecule has 3 aromatic rings. The fourth-order valence-corrected chi connectivity index (χ4v) is 4.20. The predicted molar refractivity (Wildman–Crippen MR) is 114 cm³/mol. The van der Waals surface area contributed by atoms with Crippen LogP contribution in [0.4, 0.5) is 11.4 Å². The molecule has 2 saturated heterocycles. The summed E-state index contributed by atoms with van der Waals surface area (Å²) in [5, 5.41) is 11.3. The second kappa shape index (κ2) is 7.24. The summed E-state index contributed by atoms with van der Waals surface area (Å²) in [4.78, 5) is 19.8. The van der Waals surface area contributed by atoms with Gasteiger partial charge in [-0.3, -0.25) is 4.79 Å². The third kappa shape index (κ3) is 3.30. The molecule has 2 aliphatic heterocycles. The first-order chi connectivity index (χ1) is 14.1. The Morgan fingerprint density at radius 2 is 1.55 bits per heavy atom. The van der Waals surface area contributed by atoms with Gasteiger partial charge in [0.25, 0.3) is 0 Å². The zero-order chi connectivity index (χ0) is 20.0. The van der Waals surface area contributed by atoms with E-state index in [9.17, 15) is 9.90 Å². The largest absolute Gasteiger partial charge is 0.507 e. The Bertz CT molecular complexity index is 1110. The van der Waals surface area contributed by atoms with Crippen molar-refractivity contribution >= 4 is 33.3 Å². The fraction of sp³-hybridized carbons (Fsp3) is 0.409. The zero-order valence-corrected chi connectivity index (χ0v) is 16.6. The van der Waals surface area contributed by atoms with Crippen LogP contribution in [0.25, 0.3) is 21.9 Å². The van der Waals surface area contributed by atoms with Gasteiger partial charge < -0.3 is 29.0 Å². The third-order valence-corrected chi connectivity index (χ3v) is 5.97. The number of benzene rings is 2. The average molecular weight is 395 g/mol. The van der Waals surface area contributed by atoms with E-state index in [0.717, 1.165) is 50.6 Å². The van der Waals surface area contributed by atoms with Crippen LogP contribution in [0.3, 0.4) is 0 Å². The molecule has 152 valence electrons. The molecular weight excluding hydrogens is 370 g/mol. The monoisotopic (exact) mass is 395 g/mol. The van der Waals surface area contributed by atoms with Crippen molar-refractivity contribution in [2.45, 2.75) is 0 Å². The van der Waals surface area contributed by atoms with E-state index < -0.39 is 0 Å². The van der Waals surface area contributed by atoms with Gasteiger partial charge in [-0.15, -0.1) is 0 Å². The smallest absolute Gasteiger partial charge is 0.204 e. The van der Waals surface area contributed by atoms with Crippen LogP contribution >= 0.6 is 0 Å². The van der Waals surface area contributed by atoms with Crippen molar-refractivity contribution < 1.29 is 14.3 Å². The maximum Gasteiger partial charge on any atom is 0.204 e. The molecule has 3 heterocycles. The molecule has 0 aliphatic carbocycles. The first-order valence-electron chi connectivity index (χ1n) is 10.1. The lowest BCUT2D eigenvalue weighted by molar-refractivity contribution is 0.122. The van der Waals surface area contributed by atoms with Crippen LogP contribution in [0, 0.1) is 0 Å². The van der Waals surface area contributed by atoms with Crippen molar-refractivity contribution in [3.63, 3.8) is 0 Å². The molecular formula is C22H25N3O4. The van der Waals surface area contributed by atoms with Crippen LogP contribution in [0.2, 0.25) is 0 Å². The fourth-order valence-electron chi connectivity index (χ4n) is 4.20. The van der Waals surface area contributed by atoms with E-state index >= 15 is 0 Å². The molecule has 5 rings (SSSR count). The van der Waals surface area contributed by atoms with Gasteiger partial charge in [0.1, 0.15) is 22.3 Å². The highest BCUT2D eigenvalue weighted by molar-refractivity contribution is 5.95. The number of morpholine rings is 1. The highest BCUT2D eigenvalue weighted by Crippen LogP contribution is 2.32. The van der Waals surface area contributed by atoms with Crippen molar-refractivity contribution in [3.8, 4) is 5.75 Å². The number of nitrogens with zero attached hydrogens (tertiary/aromatic N) is 3. The Kier molecular flexibility index (Phi) is 4.56. The SMILES string of the molecule is CN1CCN(c2ccc3c(=O)c4c(O)cc(N5CCOCC5)cc4oc3c2)CC1. The molecule has 2 aromatic carbocycles. The molecule has 29 heavy (non-hydrogen) atoms. The number of anilines is 2. The van der Waals surface area contributed by atoms with Crippen molar-refractivity contribution in [3.05, 3.63) is 40.6 Å². The minimum atomic E-state index is -0.197. The minimum Gasteiger partial charge on any atom is -0.507 e. The molecule has 1 aromatic heterocycles. The Labute approximate surface area is 168 Å². The van der Waals surface area contributed by atoms with Crippen LogP contribution in [-0.4, -0.2) is 69.5 Å². The van der Waals surface area contributed by atoms with E-state index in [1.807, 2.05) is 24.3 Å². The lowest BCUT2D eigenvalue weighted by Crippen LogP contribution is -2.44. The molecule has 2 aliphatic rings. The molecule has 0 atom stereocenters. The number of phenolic OH excluding ortho intramolecular Hbond substituents is 1. The number of aromatic hydroxyl groups is 1. The molecule has 7 heteroatoms. The summed E-state index contributed by atoms with van der Waals surface area (Å²) in [6, 6.07) is 9.22. The van der Waals surface area contributed by atoms with Crippen LogP contribution in [0.1, 0.15) is 0 Å². The summed E-state index contributed by atoms with van der Waals surface area (Å²) < 4.78 is 11.5. The molecule has 7 nitrogen and oxygen atoms in total. The standard InChI is InChI=1S/C22H25N3O4/c1-23-4-6-24(7-5-23)15-2-3-17-19(13-15)29-20-14-16(25-8-10-28-11-9-25)12-18(26)21(20)22(17)27/h2-3,12-14,26H,4-11H2,1H3. The minimum absolute atomic E-state index is 0.0391. The van der Waals surface area contributed by atoms with Crippen molar-refractivity contribution in [2.75, 3.05) is 69.3 Å². The summed E-state index contributed by atoms with van der Waals surface area (Å²) in [5.74, 6) is -0.0391. The number of likely N-dealkylation sites (N-methyl/N-ethyl adjacent to an activating group) is 1. The van der Waals surface area contributed by atoms with Gasteiger partial charge in [0.2, 0.25) is 5.43 Å². The number of hydrogen-bond acceptors (Lipinski definition) is 7. The van der Waals surface area contributed by atoms with E-state index in [1.54, 1.807) is 6.07 Å². The van der Waals surface area contributed by atoms with Gasteiger partial charge in [0.05, 0.1) is 18.6 Å². The Morgan fingerprint density at radius 1 is 0.862 bits per heavy atom. The zero-order valence-electron chi connectivity index (χ0n) is 16.6. The topological polar surface area (TPSA) is 69.4 Å². The summed E-state index contributed by atoms with van der Waals surface area (Å²) in [5.41, 5.74) is 2.67. The molecule has 0 bridgehead atoms. The molecule has 1 N–H and O–H groups in total. The van der Waals surface area contributed by atoms with Gasteiger partial charge in [-0.2, -0.15) is 0 Å². The van der Waals surface area contributed by atoms with Crippen LogP contribution in [-0.2, 0) is 4.74 Å². The first kappa shape index (κ1) is 18.3.